The number of carbonyl (C=O) groups is 1. The molecule has 1 aromatic heterocycles. The first kappa shape index (κ1) is 17.1. The minimum Gasteiger partial charge on any atom is -0.389 e. The summed E-state index contributed by atoms with van der Waals surface area (Å²) in [6.07, 6.45) is -0.574. The highest BCUT2D eigenvalue weighted by atomic mass is 32.1. The van der Waals surface area contributed by atoms with Crippen molar-refractivity contribution in [2.45, 2.75) is 26.6 Å². The fourth-order valence-corrected chi connectivity index (χ4v) is 2.36. The quantitative estimate of drug-likeness (QED) is 0.636. The van der Waals surface area contributed by atoms with Crippen molar-refractivity contribution in [3.05, 3.63) is 22.4 Å². The van der Waals surface area contributed by atoms with E-state index in [9.17, 15) is 9.90 Å². The molecule has 1 aromatic rings. The molecule has 0 aliphatic carbocycles. The van der Waals surface area contributed by atoms with Gasteiger partial charge in [-0.2, -0.15) is 0 Å². The van der Waals surface area contributed by atoms with Crippen molar-refractivity contribution in [3.8, 4) is 0 Å². The van der Waals surface area contributed by atoms with Crippen molar-refractivity contribution in [3.63, 3.8) is 0 Å². The van der Waals surface area contributed by atoms with Gasteiger partial charge in [-0.25, -0.2) is 0 Å². The van der Waals surface area contributed by atoms with Crippen LogP contribution in [0, 0.1) is 5.41 Å². The van der Waals surface area contributed by atoms with Crippen molar-refractivity contribution in [2.75, 3.05) is 26.7 Å². The fourth-order valence-electron chi connectivity index (χ4n) is 1.72. The van der Waals surface area contributed by atoms with Gasteiger partial charge in [-0.3, -0.25) is 4.79 Å². The molecule has 3 N–H and O–H groups in total. The van der Waals surface area contributed by atoms with E-state index < -0.39 is 11.5 Å². The highest BCUT2D eigenvalue weighted by Gasteiger charge is 2.26. The number of aliphatic hydroxyl groups excluding tert-OH is 1. The maximum absolute atomic E-state index is 11.6. The van der Waals surface area contributed by atoms with Gasteiger partial charge in [-0.05, 0) is 25.3 Å². The zero-order valence-corrected chi connectivity index (χ0v) is 13.1. The van der Waals surface area contributed by atoms with Crippen molar-refractivity contribution < 1.29 is 14.6 Å². The number of nitrogens with one attached hydrogen (secondary N) is 2. The molecule has 114 valence electrons. The summed E-state index contributed by atoms with van der Waals surface area (Å²) in [6, 6.07) is 3.98. The lowest BCUT2D eigenvalue weighted by molar-refractivity contribution is -0.128. The predicted molar refractivity (Wildman–Crippen MR) is 80.7 cm³/mol. The summed E-state index contributed by atoms with van der Waals surface area (Å²) < 4.78 is 5.43. The third-order valence-corrected chi connectivity index (χ3v) is 3.77. The summed E-state index contributed by atoms with van der Waals surface area (Å²) in [4.78, 5) is 12.7. The van der Waals surface area contributed by atoms with Crippen LogP contribution < -0.4 is 10.6 Å². The summed E-state index contributed by atoms with van der Waals surface area (Å²) in [5, 5.41) is 17.5. The molecule has 0 aliphatic heterocycles. The van der Waals surface area contributed by atoms with E-state index >= 15 is 0 Å². The number of amides is 1. The summed E-state index contributed by atoms with van der Waals surface area (Å²) in [6.45, 7) is 5.44. The van der Waals surface area contributed by atoms with Gasteiger partial charge in [-0.15, -0.1) is 11.3 Å². The minimum absolute atomic E-state index is 0.0200. The second-order valence-corrected chi connectivity index (χ2v) is 6.37. The molecule has 1 amide bonds. The molecule has 5 nitrogen and oxygen atoms in total. The van der Waals surface area contributed by atoms with Crippen molar-refractivity contribution >= 4 is 17.2 Å². The number of hydrogen-bond acceptors (Lipinski definition) is 5. The van der Waals surface area contributed by atoms with E-state index in [1.807, 2.05) is 31.4 Å². The number of hydrogen-bond donors (Lipinski definition) is 3. The Hall–Kier alpha value is -0.950. The van der Waals surface area contributed by atoms with Gasteiger partial charge in [-0.1, -0.05) is 6.07 Å². The van der Waals surface area contributed by atoms with Gasteiger partial charge in [0.1, 0.15) is 0 Å². The Balaban J connectivity index is 2.13. The Morgan fingerprint density at radius 1 is 1.55 bits per heavy atom. The molecule has 0 aliphatic rings. The van der Waals surface area contributed by atoms with Crippen LogP contribution in [0.15, 0.2) is 17.5 Å². The molecule has 20 heavy (non-hydrogen) atoms. The summed E-state index contributed by atoms with van der Waals surface area (Å²) in [5.74, 6) is -0.0200. The van der Waals surface area contributed by atoms with Gasteiger partial charge in [0, 0.05) is 25.0 Å². The highest BCUT2D eigenvalue weighted by molar-refractivity contribution is 7.09. The standard InChI is InChI=1S/C14H24N2O3S/c1-14(2,13(18)15-3)10-16-7-11(17)8-19-9-12-5-4-6-20-12/h4-6,11,16-17H,7-10H2,1-3H3,(H,15,18). The lowest BCUT2D eigenvalue weighted by atomic mass is 9.92. The molecule has 6 heteroatoms. The smallest absolute Gasteiger partial charge is 0.226 e. The number of rotatable bonds is 9. The van der Waals surface area contributed by atoms with Crippen molar-refractivity contribution in [2.24, 2.45) is 5.41 Å². The maximum Gasteiger partial charge on any atom is 0.226 e. The molecule has 0 aromatic carbocycles. The fraction of sp³-hybridized carbons (Fsp3) is 0.643. The second-order valence-electron chi connectivity index (χ2n) is 5.34. The average molecular weight is 300 g/mol. The maximum atomic E-state index is 11.6. The minimum atomic E-state index is -0.574. The van der Waals surface area contributed by atoms with Crippen LogP contribution in [0.4, 0.5) is 0 Å². The summed E-state index contributed by atoms with van der Waals surface area (Å²) >= 11 is 1.63. The number of aliphatic hydroxyl groups is 1. The molecule has 1 rings (SSSR count). The van der Waals surface area contributed by atoms with E-state index in [2.05, 4.69) is 10.6 Å². The zero-order valence-electron chi connectivity index (χ0n) is 12.3. The Morgan fingerprint density at radius 2 is 2.30 bits per heavy atom. The normalized spacial score (nSPS) is 13.2. The van der Waals surface area contributed by atoms with Gasteiger partial charge in [0.05, 0.1) is 24.7 Å². The van der Waals surface area contributed by atoms with Crippen LogP contribution in [0.2, 0.25) is 0 Å². The summed E-state index contributed by atoms with van der Waals surface area (Å²) in [5.41, 5.74) is -0.494. The molecule has 0 saturated carbocycles. The van der Waals surface area contributed by atoms with Crippen molar-refractivity contribution in [1.82, 2.24) is 10.6 Å². The summed E-state index contributed by atoms with van der Waals surface area (Å²) in [7, 11) is 1.62. The first-order chi connectivity index (χ1) is 9.45. The van der Waals surface area contributed by atoms with Gasteiger partial charge in [0.25, 0.3) is 0 Å². The van der Waals surface area contributed by atoms with Crippen LogP contribution in [0.1, 0.15) is 18.7 Å². The highest BCUT2D eigenvalue weighted by Crippen LogP contribution is 2.13. The molecular formula is C14H24N2O3S. The third-order valence-electron chi connectivity index (χ3n) is 2.92. The lowest BCUT2D eigenvalue weighted by Gasteiger charge is -2.23. The first-order valence-corrected chi connectivity index (χ1v) is 7.55. The van der Waals surface area contributed by atoms with Crippen LogP contribution in [0.5, 0.6) is 0 Å². The monoisotopic (exact) mass is 300 g/mol. The number of thiophene rings is 1. The van der Waals surface area contributed by atoms with E-state index in [1.54, 1.807) is 18.4 Å². The Bertz CT molecular complexity index is 393. The molecule has 0 radical (unpaired) electrons. The van der Waals surface area contributed by atoms with E-state index in [4.69, 9.17) is 4.74 Å². The molecule has 0 fully saturated rings. The van der Waals surface area contributed by atoms with E-state index in [-0.39, 0.29) is 12.5 Å². The molecule has 1 atom stereocenters. The number of carbonyl (C=O) groups excluding carboxylic acids is 1. The molecule has 0 bridgehead atoms. The largest absolute Gasteiger partial charge is 0.389 e. The van der Waals surface area contributed by atoms with Crippen LogP contribution >= 0.6 is 11.3 Å². The van der Waals surface area contributed by atoms with Gasteiger partial charge in [0.15, 0.2) is 0 Å². The van der Waals surface area contributed by atoms with Gasteiger partial charge < -0.3 is 20.5 Å². The van der Waals surface area contributed by atoms with Crippen LogP contribution in [-0.2, 0) is 16.1 Å². The topological polar surface area (TPSA) is 70.6 Å². The predicted octanol–water partition coefficient (Wildman–Crippen LogP) is 0.987. The van der Waals surface area contributed by atoms with E-state index in [0.29, 0.717) is 19.7 Å². The van der Waals surface area contributed by atoms with Crippen LogP contribution in [0.25, 0.3) is 0 Å². The lowest BCUT2D eigenvalue weighted by Crippen LogP contribution is -2.44. The molecular weight excluding hydrogens is 276 g/mol. The van der Waals surface area contributed by atoms with E-state index in [0.717, 1.165) is 4.88 Å². The molecule has 1 heterocycles. The SMILES string of the molecule is CNC(=O)C(C)(C)CNCC(O)COCc1cccs1. The Morgan fingerprint density at radius 3 is 2.90 bits per heavy atom. The number of ether oxygens (including phenoxy) is 1. The Labute approximate surface area is 124 Å². The molecule has 1 unspecified atom stereocenters. The van der Waals surface area contributed by atoms with Gasteiger partial charge >= 0.3 is 0 Å². The van der Waals surface area contributed by atoms with Gasteiger partial charge in [0.2, 0.25) is 5.91 Å². The first-order valence-electron chi connectivity index (χ1n) is 6.67. The van der Waals surface area contributed by atoms with Crippen LogP contribution in [-0.4, -0.2) is 43.9 Å². The second kappa shape index (κ2) is 8.36. The molecule has 0 spiro atoms. The molecule has 0 saturated heterocycles. The van der Waals surface area contributed by atoms with E-state index in [1.165, 1.54) is 0 Å². The average Bonchev–Trinajstić information content (AvgIpc) is 2.90. The zero-order chi connectivity index (χ0) is 15.0. The Kier molecular flexibility index (Phi) is 7.15. The van der Waals surface area contributed by atoms with Crippen molar-refractivity contribution in [1.29, 1.82) is 0 Å². The van der Waals surface area contributed by atoms with Crippen LogP contribution in [0.3, 0.4) is 0 Å². The third kappa shape index (κ3) is 6.00.